The first-order valence-corrected chi connectivity index (χ1v) is 7.39. The highest BCUT2D eigenvalue weighted by molar-refractivity contribution is 9.10. The number of halogens is 2. The summed E-state index contributed by atoms with van der Waals surface area (Å²) in [7, 11) is 0. The van der Waals surface area contributed by atoms with Gasteiger partial charge in [-0.3, -0.25) is 0 Å². The molecule has 1 aliphatic rings. The Kier molecular flexibility index (Phi) is 3.03. The summed E-state index contributed by atoms with van der Waals surface area (Å²) in [4.78, 5) is 0.464. The highest BCUT2D eigenvalue weighted by Gasteiger charge is 2.66. The van der Waals surface area contributed by atoms with E-state index in [9.17, 15) is 0 Å². The molecule has 16 heavy (non-hydrogen) atoms. The van der Waals surface area contributed by atoms with E-state index in [1.807, 2.05) is 0 Å². The lowest BCUT2D eigenvalue weighted by Gasteiger charge is -2.12. The molecule has 0 amide bonds. The zero-order chi connectivity index (χ0) is 12.1. The molecule has 0 heterocycles. The fraction of sp³-hybridized carbons (Fsp3) is 0.571. The number of rotatable bonds is 2. The van der Waals surface area contributed by atoms with Crippen molar-refractivity contribution in [1.82, 2.24) is 0 Å². The van der Waals surface area contributed by atoms with Crippen molar-refractivity contribution >= 4 is 31.9 Å². The van der Waals surface area contributed by atoms with Crippen molar-refractivity contribution in [3.63, 3.8) is 0 Å². The normalized spacial score (nSPS) is 24.1. The summed E-state index contributed by atoms with van der Waals surface area (Å²) in [5.74, 6) is 0.709. The number of hydrogen-bond donors (Lipinski definition) is 0. The van der Waals surface area contributed by atoms with Crippen LogP contribution in [-0.2, 0) is 0 Å². The quantitative estimate of drug-likeness (QED) is 0.615. The summed E-state index contributed by atoms with van der Waals surface area (Å²) >= 11 is 7.35. The Hall–Kier alpha value is 0.180. The Morgan fingerprint density at radius 1 is 1.00 bits per heavy atom. The molecule has 1 aromatic carbocycles. The molecule has 0 N–H and O–H groups in total. The van der Waals surface area contributed by atoms with E-state index < -0.39 is 0 Å². The SMILES string of the molecule is CC1(C)C(C(Br)c2ccc(Br)cc2)C1(C)C. The van der Waals surface area contributed by atoms with Crippen LogP contribution in [0.1, 0.15) is 38.1 Å². The van der Waals surface area contributed by atoms with Gasteiger partial charge in [-0.2, -0.15) is 0 Å². The van der Waals surface area contributed by atoms with Gasteiger partial charge in [-0.15, -0.1) is 0 Å². The fourth-order valence-corrected chi connectivity index (χ4v) is 4.71. The van der Waals surface area contributed by atoms with Gasteiger partial charge in [0.2, 0.25) is 0 Å². The molecule has 2 rings (SSSR count). The van der Waals surface area contributed by atoms with Crippen LogP contribution in [0.5, 0.6) is 0 Å². The Morgan fingerprint density at radius 3 is 1.81 bits per heavy atom. The second-order valence-electron chi connectivity index (χ2n) is 5.87. The Morgan fingerprint density at radius 2 is 1.44 bits per heavy atom. The molecule has 0 nitrogen and oxygen atoms in total. The van der Waals surface area contributed by atoms with E-state index in [1.54, 1.807) is 0 Å². The van der Waals surface area contributed by atoms with Crippen molar-refractivity contribution in [1.29, 1.82) is 0 Å². The summed E-state index contributed by atoms with van der Waals surface area (Å²) in [6, 6.07) is 8.64. The summed E-state index contributed by atoms with van der Waals surface area (Å²) in [5, 5.41) is 0. The molecule has 88 valence electrons. The standard InChI is InChI=1S/C14H18Br2/c1-13(2)12(14(13,3)4)11(16)9-5-7-10(15)8-6-9/h5-8,11-12H,1-4H3. The van der Waals surface area contributed by atoms with Crippen LogP contribution in [0.25, 0.3) is 0 Å². The molecule has 0 radical (unpaired) electrons. The predicted molar refractivity (Wildman–Crippen MR) is 76.9 cm³/mol. The van der Waals surface area contributed by atoms with Gasteiger partial charge in [-0.1, -0.05) is 71.7 Å². The molecule has 0 aromatic heterocycles. The lowest BCUT2D eigenvalue weighted by atomic mass is 10.0. The van der Waals surface area contributed by atoms with E-state index in [1.165, 1.54) is 5.56 Å². The van der Waals surface area contributed by atoms with Crippen molar-refractivity contribution < 1.29 is 0 Å². The van der Waals surface area contributed by atoms with E-state index in [0.29, 0.717) is 21.6 Å². The number of hydrogen-bond acceptors (Lipinski definition) is 0. The summed E-state index contributed by atoms with van der Waals surface area (Å²) in [5.41, 5.74) is 2.23. The van der Waals surface area contributed by atoms with Crippen LogP contribution in [0.2, 0.25) is 0 Å². The van der Waals surface area contributed by atoms with E-state index in [2.05, 4.69) is 83.8 Å². The summed E-state index contributed by atoms with van der Waals surface area (Å²) < 4.78 is 1.14. The first-order chi connectivity index (χ1) is 7.28. The molecular formula is C14H18Br2. The smallest absolute Gasteiger partial charge is 0.0434 e. The molecule has 2 heteroatoms. The first kappa shape index (κ1) is 12.6. The molecule has 1 fully saturated rings. The van der Waals surface area contributed by atoms with Gasteiger partial charge in [-0.25, -0.2) is 0 Å². The average molecular weight is 346 g/mol. The third kappa shape index (κ3) is 1.78. The van der Waals surface area contributed by atoms with Crippen LogP contribution in [0.4, 0.5) is 0 Å². The van der Waals surface area contributed by atoms with Crippen molar-refractivity contribution in [2.24, 2.45) is 16.7 Å². The van der Waals surface area contributed by atoms with E-state index in [0.717, 1.165) is 4.47 Å². The minimum Gasteiger partial charge on any atom is -0.0835 e. The molecular weight excluding hydrogens is 328 g/mol. The highest BCUT2D eigenvalue weighted by atomic mass is 79.9. The van der Waals surface area contributed by atoms with Gasteiger partial charge in [0.25, 0.3) is 0 Å². The Bertz CT molecular complexity index is 376. The molecule has 0 bridgehead atoms. The van der Waals surface area contributed by atoms with Gasteiger partial charge >= 0.3 is 0 Å². The van der Waals surface area contributed by atoms with Gasteiger partial charge in [0.1, 0.15) is 0 Å². The molecule has 1 saturated carbocycles. The molecule has 0 spiro atoms. The third-order valence-corrected chi connectivity index (χ3v) is 6.20. The maximum atomic E-state index is 3.87. The Labute approximate surface area is 115 Å². The van der Waals surface area contributed by atoms with E-state index >= 15 is 0 Å². The monoisotopic (exact) mass is 344 g/mol. The first-order valence-electron chi connectivity index (χ1n) is 5.68. The lowest BCUT2D eigenvalue weighted by molar-refractivity contribution is 0.457. The van der Waals surface area contributed by atoms with Crippen LogP contribution in [0.3, 0.4) is 0 Å². The van der Waals surface area contributed by atoms with E-state index in [-0.39, 0.29) is 0 Å². The van der Waals surface area contributed by atoms with Crippen molar-refractivity contribution in [3.8, 4) is 0 Å². The summed E-state index contributed by atoms with van der Waals surface area (Å²) in [6.07, 6.45) is 0. The highest BCUT2D eigenvalue weighted by Crippen LogP contribution is 2.73. The third-order valence-electron chi connectivity index (χ3n) is 4.61. The fourth-order valence-electron chi connectivity index (χ4n) is 2.82. The minimum absolute atomic E-state index is 0.425. The van der Waals surface area contributed by atoms with Gasteiger partial charge in [0.05, 0.1) is 0 Å². The van der Waals surface area contributed by atoms with Crippen molar-refractivity contribution in [2.45, 2.75) is 32.5 Å². The van der Waals surface area contributed by atoms with Crippen molar-refractivity contribution in [3.05, 3.63) is 34.3 Å². The van der Waals surface area contributed by atoms with Crippen LogP contribution in [0, 0.1) is 16.7 Å². The van der Waals surface area contributed by atoms with Gasteiger partial charge in [0, 0.05) is 9.30 Å². The topological polar surface area (TPSA) is 0 Å². The van der Waals surface area contributed by atoms with Gasteiger partial charge in [0.15, 0.2) is 0 Å². The van der Waals surface area contributed by atoms with Crippen molar-refractivity contribution in [2.75, 3.05) is 0 Å². The van der Waals surface area contributed by atoms with Crippen LogP contribution >= 0.6 is 31.9 Å². The molecule has 1 aliphatic carbocycles. The predicted octanol–water partition coefficient (Wildman–Crippen LogP) is 5.57. The molecule has 1 atom stereocenters. The van der Waals surface area contributed by atoms with Crippen LogP contribution < -0.4 is 0 Å². The molecule has 0 saturated heterocycles. The Balaban J connectivity index is 2.22. The van der Waals surface area contributed by atoms with Gasteiger partial charge in [-0.05, 0) is 34.4 Å². The second kappa shape index (κ2) is 3.84. The zero-order valence-electron chi connectivity index (χ0n) is 10.2. The maximum absolute atomic E-state index is 3.87. The molecule has 1 unspecified atom stereocenters. The second-order valence-corrected chi connectivity index (χ2v) is 7.78. The van der Waals surface area contributed by atoms with E-state index in [4.69, 9.17) is 0 Å². The van der Waals surface area contributed by atoms with Gasteiger partial charge < -0.3 is 0 Å². The zero-order valence-corrected chi connectivity index (χ0v) is 13.4. The average Bonchev–Trinajstić information content (AvgIpc) is 2.57. The molecule has 1 aromatic rings. The largest absolute Gasteiger partial charge is 0.0835 e. The van der Waals surface area contributed by atoms with Crippen LogP contribution in [-0.4, -0.2) is 0 Å². The number of benzene rings is 1. The molecule has 0 aliphatic heterocycles. The number of alkyl halides is 1. The maximum Gasteiger partial charge on any atom is 0.0434 e. The lowest BCUT2D eigenvalue weighted by Crippen LogP contribution is -1.98. The van der Waals surface area contributed by atoms with Crippen LogP contribution in [0.15, 0.2) is 28.7 Å². The summed E-state index contributed by atoms with van der Waals surface area (Å²) in [6.45, 7) is 9.46. The minimum atomic E-state index is 0.425.